The van der Waals surface area contributed by atoms with E-state index in [4.69, 9.17) is 22.8 Å². The quantitative estimate of drug-likeness (QED) is 0.357. The van der Waals surface area contributed by atoms with Gasteiger partial charge in [-0.05, 0) is 33.7 Å². The highest BCUT2D eigenvalue weighted by atomic mass is 28.4. The fourth-order valence-electron chi connectivity index (χ4n) is 2.34. The highest BCUT2D eigenvalue weighted by molar-refractivity contribution is 6.58. The van der Waals surface area contributed by atoms with Gasteiger partial charge in [0.25, 0.3) is 0 Å². The van der Waals surface area contributed by atoms with Gasteiger partial charge in [-0.2, -0.15) is 0 Å². The van der Waals surface area contributed by atoms with Crippen LogP contribution in [0.4, 0.5) is 0 Å². The summed E-state index contributed by atoms with van der Waals surface area (Å²) in [6, 6.07) is -0.890. The molecule has 9 heteroatoms. The maximum absolute atomic E-state index is 12.3. The molecule has 1 atom stereocenters. The first-order valence-electron chi connectivity index (χ1n) is 8.29. The highest BCUT2D eigenvalue weighted by Crippen LogP contribution is 2.23. The van der Waals surface area contributed by atoms with Gasteiger partial charge in [0, 0.05) is 19.8 Å². The third-order valence-electron chi connectivity index (χ3n) is 3.23. The topological polar surface area (TPSA) is 83.5 Å². The average Bonchev–Trinajstić information content (AvgIpc) is 2.57. The molecule has 142 valence electrons. The van der Waals surface area contributed by atoms with Crippen LogP contribution in [0.25, 0.3) is 0 Å². The molecule has 0 aliphatic rings. The molecule has 0 radical (unpaired) electrons. The van der Waals surface area contributed by atoms with E-state index in [9.17, 15) is 9.59 Å². The summed E-state index contributed by atoms with van der Waals surface area (Å²) in [5, 5.41) is 0. The highest BCUT2D eigenvalue weighted by Gasteiger charge is 2.53. The summed E-state index contributed by atoms with van der Waals surface area (Å²) in [6.45, 7) is 8.99. The van der Waals surface area contributed by atoms with Crippen LogP contribution in [-0.4, -0.2) is 72.1 Å². The smallest absolute Gasteiger partial charge is 0.469 e. The van der Waals surface area contributed by atoms with Crippen LogP contribution in [0.3, 0.4) is 0 Å². The number of methoxy groups -OCH3 is 2. The third-order valence-corrected chi connectivity index (χ3v) is 6.43. The number of carbonyl (C=O) groups is 2. The molecule has 24 heavy (non-hydrogen) atoms. The predicted molar refractivity (Wildman–Crippen MR) is 90.1 cm³/mol. The van der Waals surface area contributed by atoms with Crippen molar-refractivity contribution in [1.29, 1.82) is 0 Å². The first-order valence-corrected chi connectivity index (χ1v) is 9.96. The van der Waals surface area contributed by atoms with Gasteiger partial charge < -0.3 is 22.8 Å². The fraction of sp³-hybridized carbons (Fsp3) is 0.867. The van der Waals surface area contributed by atoms with Crippen LogP contribution >= 0.6 is 0 Å². The molecule has 0 heterocycles. The molecule has 0 aromatic heterocycles. The Bertz CT molecular complexity index is 364. The molecular formula is C15H31NO7Si. The monoisotopic (exact) mass is 365 g/mol. The second-order valence-electron chi connectivity index (χ2n) is 4.84. The maximum Gasteiger partial charge on any atom is 0.600 e. The van der Waals surface area contributed by atoms with Crippen LogP contribution in [0, 0.1) is 0 Å². The Morgan fingerprint density at radius 1 is 0.917 bits per heavy atom. The molecule has 0 aromatic rings. The van der Waals surface area contributed by atoms with Crippen LogP contribution in [0.15, 0.2) is 0 Å². The van der Waals surface area contributed by atoms with Crippen molar-refractivity contribution in [3.63, 3.8) is 0 Å². The lowest BCUT2D eigenvalue weighted by molar-refractivity contribution is -0.153. The molecule has 0 saturated carbocycles. The molecule has 0 rings (SSSR count). The van der Waals surface area contributed by atoms with Crippen molar-refractivity contribution in [2.45, 2.75) is 46.6 Å². The SMILES string of the molecule is CCCN(C(CC(=O)OC)C(=O)OC)[Si](OCC)(OCC)OCC. The lowest BCUT2D eigenvalue weighted by Crippen LogP contribution is -2.66. The summed E-state index contributed by atoms with van der Waals surface area (Å²) >= 11 is 0. The summed E-state index contributed by atoms with van der Waals surface area (Å²) in [7, 11) is -0.786. The minimum absolute atomic E-state index is 0.162. The molecule has 0 bridgehead atoms. The Kier molecular flexibility index (Phi) is 11.9. The number of carbonyl (C=O) groups excluding carboxylic acids is 2. The number of hydrogen-bond acceptors (Lipinski definition) is 8. The standard InChI is InChI=1S/C15H31NO7Si/c1-7-11-16(13(15(18)20-6)12-14(17)19-5)24(21-8-2,22-9-3)23-10-4/h13H,7-12H2,1-6H3. The van der Waals surface area contributed by atoms with Crippen LogP contribution in [0.2, 0.25) is 0 Å². The molecule has 0 spiro atoms. The molecule has 0 aromatic carbocycles. The molecule has 0 amide bonds. The van der Waals surface area contributed by atoms with Crippen molar-refractivity contribution < 1.29 is 32.3 Å². The van der Waals surface area contributed by atoms with Gasteiger partial charge in [-0.15, -0.1) is 0 Å². The number of rotatable bonds is 13. The first-order chi connectivity index (χ1) is 11.5. The summed E-state index contributed by atoms with van der Waals surface area (Å²) in [6.07, 6.45) is 0.557. The summed E-state index contributed by atoms with van der Waals surface area (Å²) in [5.41, 5.74) is 0. The largest absolute Gasteiger partial charge is 0.600 e. The summed E-state index contributed by atoms with van der Waals surface area (Å²) in [4.78, 5) is 24.1. The van der Waals surface area contributed by atoms with E-state index in [0.29, 0.717) is 26.4 Å². The van der Waals surface area contributed by atoms with E-state index in [1.807, 2.05) is 27.7 Å². The van der Waals surface area contributed by atoms with Crippen LogP contribution in [0.1, 0.15) is 40.5 Å². The van der Waals surface area contributed by atoms with Gasteiger partial charge in [0.2, 0.25) is 0 Å². The molecule has 1 unspecified atom stereocenters. The van der Waals surface area contributed by atoms with Gasteiger partial charge in [-0.3, -0.25) is 9.59 Å². The van der Waals surface area contributed by atoms with E-state index in [1.54, 1.807) is 4.57 Å². The van der Waals surface area contributed by atoms with E-state index in [1.165, 1.54) is 14.2 Å². The number of hydrogen-bond donors (Lipinski definition) is 0. The first kappa shape index (κ1) is 23.0. The minimum Gasteiger partial charge on any atom is -0.469 e. The van der Waals surface area contributed by atoms with Crippen molar-refractivity contribution in [3.05, 3.63) is 0 Å². The number of ether oxygens (including phenoxy) is 2. The van der Waals surface area contributed by atoms with E-state index < -0.39 is 26.9 Å². The van der Waals surface area contributed by atoms with Crippen LogP contribution < -0.4 is 0 Å². The van der Waals surface area contributed by atoms with Crippen molar-refractivity contribution in [2.24, 2.45) is 0 Å². The molecule has 0 fully saturated rings. The molecular weight excluding hydrogens is 334 g/mol. The van der Waals surface area contributed by atoms with E-state index >= 15 is 0 Å². The second kappa shape index (κ2) is 12.4. The van der Waals surface area contributed by atoms with Crippen LogP contribution in [-0.2, 0) is 32.3 Å². The van der Waals surface area contributed by atoms with Crippen molar-refractivity contribution in [1.82, 2.24) is 4.57 Å². The fourth-order valence-corrected chi connectivity index (χ4v) is 5.26. The third kappa shape index (κ3) is 6.48. The van der Waals surface area contributed by atoms with Crippen molar-refractivity contribution in [3.8, 4) is 0 Å². The average molecular weight is 365 g/mol. The Balaban J connectivity index is 5.88. The minimum atomic E-state index is -3.34. The Hall–Kier alpha value is -1.00. The van der Waals surface area contributed by atoms with Gasteiger partial charge in [0.1, 0.15) is 6.04 Å². The molecule has 0 saturated heterocycles. The Labute approximate surface area is 145 Å². The summed E-state index contributed by atoms with van der Waals surface area (Å²) < 4.78 is 28.9. The molecule has 0 aliphatic heterocycles. The predicted octanol–water partition coefficient (Wildman–Crippen LogP) is 1.35. The molecule has 0 aliphatic carbocycles. The van der Waals surface area contributed by atoms with Gasteiger partial charge in [-0.1, -0.05) is 6.92 Å². The van der Waals surface area contributed by atoms with E-state index in [-0.39, 0.29) is 6.42 Å². The maximum atomic E-state index is 12.3. The zero-order valence-electron chi connectivity index (χ0n) is 15.6. The van der Waals surface area contributed by atoms with Crippen molar-refractivity contribution in [2.75, 3.05) is 40.6 Å². The van der Waals surface area contributed by atoms with Crippen LogP contribution in [0.5, 0.6) is 0 Å². The lowest BCUT2D eigenvalue weighted by Gasteiger charge is -2.40. The van der Waals surface area contributed by atoms with E-state index in [0.717, 1.165) is 6.42 Å². The van der Waals surface area contributed by atoms with Gasteiger partial charge >= 0.3 is 20.9 Å². The molecule has 8 nitrogen and oxygen atoms in total. The van der Waals surface area contributed by atoms with Gasteiger partial charge in [-0.25, -0.2) is 4.57 Å². The van der Waals surface area contributed by atoms with Crippen molar-refractivity contribution >= 4 is 20.9 Å². The normalized spacial score (nSPS) is 13.0. The Morgan fingerprint density at radius 2 is 1.42 bits per heavy atom. The summed E-state index contributed by atoms with van der Waals surface area (Å²) in [5.74, 6) is -1.07. The zero-order chi connectivity index (χ0) is 18.6. The number of nitrogens with zero attached hydrogens (tertiary/aromatic N) is 1. The van der Waals surface area contributed by atoms with Gasteiger partial charge in [0.05, 0.1) is 20.6 Å². The van der Waals surface area contributed by atoms with Gasteiger partial charge in [0.15, 0.2) is 0 Å². The lowest BCUT2D eigenvalue weighted by atomic mass is 10.2. The number of esters is 2. The van der Waals surface area contributed by atoms with E-state index in [2.05, 4.69) is 0 Å². The molecule has 0 N–H and O–H groups in total. The Morgan fingerprint density at radius 3 is 1.75 bits per heavy atom. The zero-order valence-corrected chi connectivity index (χ0v) is 16.6. The second-order valence-corrected chi connectivity index (χ2v) is 7.32.